The average Bonchev–Trinajstić information content (AvgIpc) is 3.26. The molecule has 3 rings (SSSR count). The molecule has 0 atom stereocenters. The number of benzene rings is 1. The fourth-order valence-electron chi connectivity index (χ4n) is 3.51. The summed E-state index contributed by atoms with van der Waals surface area (Å²) in [7, 11) is -3.65. The second kappa shape index (κ2) is 10.9. The predicted octanol–water partition coefficient (Wildman–Crippen LogP) is 2.66. The van der Waals surface area contributed by atoms with Gasteiger partial charge in [-0.3, -0.25) is 4.99 Å². The molecule has 1 aromatic rings. The van der Waals surface area contributed by atoms with Crippen molar-refractivity contribution < 1.29 is 21.6 Å². The van der Waals surface area contributed by atoms with E-state index in [0.717, 1.165) is 24.3 Å². The van der Waals surface area contributed by atoms with Crippen LogP contribution >= 0.6 is 24.0 Å². The minimum atomic E-state index is -5.26. The SMILES string of the molecule is CN=C(NCc1cccc(N2CC=CC2)c1)NC1CCN(S(=O)(=O)C(F)(F)F)CC1.I. The van der Waals surface area contributed by atoms with E-state index >= 15 is 0 Å². The van der Waals surface area contributed by atoms with Gasteiger partial charge in [-0.1, -0.05) is 24.3 Å². The van der Waals surface area contributed by atoms with Crippen molar-refractivity contribution in [2.75, 3.05) is 38.1 Å². The molecule has 0 aromatic heterocycles. The highest BCUT2D eigenvalue weighted by Crippen LogP contribution is 2.29. The van der Waals surface area contributed by atoms with Crippen molar-refractivity contribution in [1.29, 1.82) is 0 Å². The molecule has 0 saturated carbocycles. The Morgan fingerprint density at radius 2 is 1.84 bits per heavy atom. The molecule has 0 bridgehead atoms. The third-order valence-corrected chi connectivity index (χ3v) is 6.83. The Labute approximate surface area is 197 Å². The van der Waals surface area contributed by atoms with Gasteiger partial charge in [0.05, 0.1) is 0 Å². The summed E-state index contributed by atoms with van der Waals surface area (Å²) >= 11 is 0. The van der Waals surface area contributed by atoms with Crippen LogP contribution in [0.2, 0.25) is 0 Å². The molecular formula is C19H27F3IN5O2S. The van der Waals surface area contributed by atoms with Crippen molar-refractivity contribution in [3.05, 3.63) is 42.0 Å². The predicted molar refractivity (Wildman–Crippen MR) is 126 cm³/mol. The lowest BCUT2D eigenvalue weighted by atomic mass is 10.1. The Balaban J connectivity index is 0.00000341. The van der Waals surface area contributed by atoms with Crippen LogP contribution < -0.4 is 15.5 Å². The van der Waals surface area contributed by atoms with Crippen LogP contribution in [0.5, 0.6) is 0 Å². The highest BCUT2D eigenvalue weighted by Gasteiger charge is 2.50. The zero-order valence-corrected chi connectivity index (χ0v) is 20.2. The van der Waals surface area contributed by atoms with E-state index in [9.17, 15) is 21.6 Å². The molecule has 7 nitrogen and oxygen atoms in total. The van der Waals surface area contributed by atoms with Crippen LogP contribution in [0.25, 0.3) is 0 Å². The maximum Gasteiger partial charge on any atom is 0.511 e. The number of nitrogens with one attached hydrogen (secondary N) is 2. The van der Waals surface area contributed by atoms with E-state index in [2.05, 4.69) is 44.8 Å². The van der Waals surface area contributed by atoms with Crippen molar-refractivity contribution in [3.8, 4) is 0 Å². The van der Waals surface area contributed by atoms with Gasteiger partial charge in [0, 0.05) is 51.5 Å². The molecule has 0 radical (unpaired) electrons. The molecule has 2 aliphatic rings. The van der Waals surface area contributed by atoms with Gasteiger partial charge in [-0.05, 0) is 30.5 Å². The summed E-state index contributed by atoms with van der Waals surface area (Å²) in [6.07, 6.45) is 4.80. The van der Waals surface area contributed by atoms with E-state index in [0.29, 0.717) is 16.8 Å². The maximum atomic E-state index is 12.7. The number of alkyl halides is 3. The second-order valence-corrected chi connectivity index (χ2v) is 9.17. The molecule has 2 N–H and O–H groups in total. The lowest BCUT2D eigenvalue weighted by Crippen LogP contribution is -2.51. The highest BCUT2D eigenvalue weighted by molar-refractivity contribution is 14.0. The van der Waals surface area contributed by atoms with Gasteiger partial charge in [0.2, 0.25) is 0 Å². The molecule has 0 aliphatic carbocycles. The summed E-state index contributed by atoms with van der Waals surface area (Å²) in [5, 5.41) is 6.38. The molecule has 12 heteroatoms. The highest BCUT2D eigenvalue weighted by atomic mass is 127. The maximum absolute atomic E-state index is 12.7. The van der Waals surface area contributed by atoms with Crippen molar-refractivity contribution in [3.63, 3.8) is 0 Å². The summed E-state index contributed by atoms with van der Waals surface area (Å²) in [6.45, 7) is 1.96. The number of halogens is 4. The zero-order chi connectivity index (χ0) is 21.8. The van der Waals surface area contributed by atoms with Gasteiger partial charge in [-0.25, -0.2) is 8.42 Å². The number of aliphatic imine (C=N–C) groups is 1. The molecule has 1 saturated heterocycles. The molecule has 174 valence electrons. The van der Waals surface area contributed by atoms with E-state index in [1.165, 1.54) is 0 Å². The van der Waals surface area contributed by atoms with E-state index < -0.39 is 15.5 Å². The molecule has 2 heterocycles. The fraction of sp³-hybridized carbons (Fsp3) is 0.526. The average molecular weight is 573 g/mol. The number of rotatable bonds is 5. The van der Waals surface area contributed by atoms with Crippen LogP contribution in [0.1, 0.15) is 18.4 Å². The molecule has 2 aliphatic heterocycles. The topological polar surface area (TPSA) is 77.0 Å². The Bertz CT molecular complexity index is 892. The van der Waals surface area contributed by atoms with Crippen molar-refractivity contribution in [1.82, 2.24) is 14.9 Å². The molecule has 1 fully saturated rings. The van der Waals surface area contributed by atoms with E-state index in [1.54, 1.807) is 7.05 Å². The van der Waals surface area contributed by atoms with Crippen LogP contribution in [0, 0.1) is 0 Å². The standard InChI is InChI=1S/C19H26F3N5O2S.HI/c1-23-18(24-14-15-5-4-6-17(13-15)26-9-2-3-10-26)25-16-7-11-27(12-8-16)30(28,29)19(20,21)22;/h2-6,13,16H,7-12,14H2,1H3,(H2,23,24,25);1H. The van der Waals surface area contributed by atoms with E-state index in [-0.39, 0.29) is 55.9 Å². The van der Waals surface area contributed by atoms with Crippen LogP contribution in [0.4, 0.5) is 18.9 Å². The van der Waals surface area contributed by atoms with Crippen LogP contribution in [-0.2, 0) is 16.6 Å². The molecule has 31 heavy (non-hydrogen) atoms. The van der Waals surface area contributed by atoms with Gasteiger partial charge in [0.25, 0.3) is 0 Å². The molecule has 0 spiro atoms. The summed E-state index contributed by atoms with van der Waals surface area (Å²) < 4.78 is 61.6. The van der Waals surface area contributed by atoms with Crippen molar-refractivity contribution in [2.45, 2.75) is 30.9 Å². The van der Waals surface area contributed by atoms with Gasteiger partial charge >= 0.3 is 15.5 Å². The van der Waals surface area contributed by atoms with Crippen LogP contribution in [0.3, 0.4) is 0 Å². The monoisotopic (exact) mass is 573 g/mol. The first-order valence-corrected chi connectivity index (χ1v) is 11.2. The molecule has 0 unspecified atom stereocenters. The van der Waals surface area contributed by atoms with Gasteiger partial charge in [-0.15, -0.1) is 24.0 Å². The molecular weight excluding hydrogens is 546 g/mol. The Kier molecular flexibility index (Phi) is 9.01. The van der Waals surface area contributed by atoms with Crippen molar-refractivity contribution >= 4 is 45.6 Å². The number of piperidine rings is 1. The van der Waals surface area contributed by atoms with E-state index in [1.807, 2.05) is 12.1 Å². The summed E-state index contributed by atoms with van der Waals surface area (Å²) in [5.41, 5.74) is -3.04. The first-order valence-electron chi connectivity index (χ1n) is 9.73. The Morgan fingerprint density at radius 3 is 2.42 bits per heavy atom. The zero-order valence-electron chi connectivity index (χ0n) is 17.1. The quantitative estimate of drug-likeness (QED) is 0.245. The number of anilines is 1. The minimum Gasteiger partial charge on any atom is -0.364 e. The van der Waals surface area contributed by atoms with Crippen LogP contribution in [-0.4, -0.2) is 63.5 Å². The van der Waals surface area contributed by atoms with Crippen molar-refractivity contribution in [2.24, 2.45) is 4.99 Å². The lowest BCUT2D eigenvalue weighted by Gasteiger charge is -2.32. The molecule has 0 amide bonds. The van der Waals surface area contributed by atoms with E-state index in [4.69, 9.17) is 0 Å². The Morgan fingerprint density at radius 1 is 1.19 bits per heavy atom. The summed E-state index contributed by atoms with van der Waals surface area (Å²) in [4.78, 5) is 6.42. The third-order valence-electron chi connectivity index (χ3n) is 5.20. The first kappa shape index (κ1) is 25.7. The Hall–Kier alpha value is -1.54. The van der Waals surface area contributed by atoms with Gasteiger partial charge in [-0.2, -0.15) is 17.5 Å². The largest absolute Gasteiger partial charge is 0.511 e. The smallest absolute Gasteiger partial charge is 0.364 e. The number of hydrogen-bond acceptors (Lipinski definition) is 4. The lowest BCUT2D eigenvalue weighted by molar-refractivity contribution is -0.0494. The number of sulfonamides is 1. The third kappa shape index (κ3) is 6.48. The van der Waals surface area contributed by atoms with Gasteiger partial charge in [0.15, 0.2) is 5.96 Å². The molecule has 1 aromatic carbocycles. The minimum absolute atomic E-state index is 0. The second-order valence-electron chi connectivity index (χ2n) is 7.24. The summed E-state index contributed by atoms with van der Waals surface area (Å²) in [5.74, 6) is 0.528. The first-order chi connectivity index (χ1) is 14.2. The van der Waals surface area contributed by atoms with Crippen LogP contribution in [0.15, 0.2) is 41.4 Å². The normalized spacial score (nSPS) is 18.7. The van der Waals surface area contributed by atoms with Gasteiger partial charge in [0.1, 0.15) is 0 Å². The van der Waals surface area contributed by atoms with Gasteiger partial charge < -0.3 is 15.5 Å². The number of hydrogen-bond donors (Lipinski definition) is 2. The summed E-state index contributed by atoms with van der Waals surface area (Å²) in [6, 6.07) is 8.02. The number of guanidine groups is 1. The number of nitrogens with zero attached hydrogens (tertiary/aromatic N) is 3. The fourth-order valence-corrected chi connectivity index (χ4v) is 4.50.